The number of benzene rings is 1. The van der Waals surface area contributed by atoms with E-state index >= 15 is 0 Å². The summed E-state index contributed by atoms with van der Waals surface area (Å²) in [6.45, 7) is 3.74. The first kappa shape index (κ1) is 9.64. The maximum atomic E-state index is 7.70. The van der Waals surface area contributed by atoms with Gasteiger partial charge in [0.15, 0.2) is 0 Å². The summed E-state index contributed by atoms with van der Waals surface area (Å²) in [4.78, 5) is 0. The number of aromatic nitrogens is 3. The summed E-state index contributed by atoms with van der Waals surface area (Å²) in [5.74, 6) is 0. The summed E-state index contributed by atoms with van der Waals surface area (Å²) in [5.41, 5.74) is 1.54. The van der Waals surface area contributed by atoms with Crippen molar-refractivity contribution in [2.45, 2.75) is 20.0 Å². The van der Waals surface area contributed by atoms with E-state index in [2.05, 4.69) is 10.3 Å². The molecule has 0 unspecified atom stereocenters. The molecule has 0 aliphatic heterocycles. The number of ether oxygens (including phenoxy) is 1. The Morgan fingerprint density at radius 2 is 2.13 bits per heavy atom. The van der Waals surface area contributed by atoms with Gasteiger partial charge in [0.1, 0.15) is 5.52 Å². The molecule has 0 amide bonds. The molecule has 0 bridgehead atoms. The topological polar surface area (TPSA) is 63.8 Å². The largest absolute Gasteiger partial charge is 0.461 e. The molecule has 15 heavy (non-hydrogen) atoms. The van der Waals surface area contributed by atoms with Crippen LogP contribution in [0.3, 0.4) is 0 Å². The van der Waals surface area contributed by atoms with Crippen molar-refractivity contribution in [2.75, 3.05) is 0 Å². The number of para-hydroxylation sites is 1. The highest BCUT2D eigenvalue weighted by Gasteiger charge is 2.10. The lowest BCUT2D eigenvalue weighted by Gasteiger charge is -2.09. The SMILES string of the molecule is CC(C)OC(=N)n1nnc2ccccc21. The standard InChI is InChI=1S/C10H12N4O/c1-7(2)15-10(11)14-9-6-4-3-5-8(9)12-13-14/h3-7,11H,1-2H3. The molecule has 0 spiro atoms. The highest BCUT2D eigenvalue weighted by atomic mass is 16.5. The van der Waals surface area contributed by atoms with Crippen molar-refractivity contribution in [2.24, 2.45) is 0 Å². The van der Waals surface area contributed by atoms with Crippen LogP contribution in [-0.2, 0) is 4.74 Å². The van der Waals surface area contributed by atoms with Gasteiger partial charge in [-0.05, 0) is 26.0 Å². The molecule has 5 nitrogen and oxygen atoms in total. The van der Waals surface area contributed by atoms with Gasteiger partial charge in [0.25, 0.3) is 0 Å². The lowest BCUT2D eigenvalue weighted by Crippen LogP contribution is -2.20. The molecule has 0 fully saturated rings. The summed E-state index contributed by atoms with van der Waals surface area (Å²) in [6, 6.07) is 7.47. The summed E-state index contributed by atoms with van der Waals surface area (Å²) in [7, 11) is 0. The quantitative estimate of drug-likeness (QED) is 0.567. The molecular weight excluding hydrogens is 192 g/mol. The molecular formula is C10H12N4O. The Kier molecular flexibility index (Phi) is 2.37. The van der Waals surface area contributed by atoms with Crippen molar-refractivity contribution in [3.8, 4) is 0 Å². The monoisotopic (exact) mass is 204 g/mol. The van der Waals surface area contributed by atoms with Crippen LogP contribution >= 0.6 is 0 Å². The van der Waals surface area contributed by atoms with Gasteiger partial charge < -0.3 is 4.74 Å². The second-order valence-corrected chi connectivity index (χ2v) is 3.46. The van der Waals surface area contributed by atoms with Crippen LogP contribution in [0.2, 0.25) is 0 Å². The van der Waals surface area contributed by atoms with Crippen LogP contribution in [0.25, 0.3) is 11.0 Å². The van der Waals surface area contributed by atoms with Crippen LogP contribution in [0, 0.1) is 5.41 Å². The molecule has 0 radical (unpaired) electrons. The predicted octanol–water partition coefficient (Wildman–Crippen LogP) is 1.64. The van der Waals surface area contributed by atoms with Crippen LogP contribution in [0.1, 0.15) is 13.8 Å². The number of fused-ring (bicyclic) bond motifs is 1. The van der Waals surface area contributed by atoms with Crippen molar-refractivity contribution >= 4 is 17.1 Å². The molecule has 0 atom stereocenters. The van der Waals surface area contributed by atoms with Gasteiger partial charge in [-0.2, -0.15) is 4.68 Å². The van der Waals surface area contributed by atoms with Gasteiger partial charge in [-0.3, -0.25) is 0 Å². The highest BCUT2D eigenvalue weighted by Crippen LogP contribution is 2.09. The predicted molar refractivity (Wildman–Crippen MR) is 56.9 cm³/mol. The number of hydrogen-bond acceptors (Lipinski definition) is 4. The average Bonchev–Trinajstić information content (AvgIpc) is 2.59. The number of rotatable bonds is 1. The lowest BCUT2D eigenvalue weighted by molar-refractivity contribution is 0.213. The van der Waals surface area contributed by atoms with Crippen molar-refractivity contribution in [3.05, 3.63) is 24.3 Å². The molecule has 0 saturated heterocycles. The number of nitrogens with one attached hydrogen (secondary N) is 1. The van der Waals surface area contributed by atoms with Crippen LogP contribution in [0.5, 0.6) is 0 Å². The lowest BCUT2D eigenvalue weighted by atomic mass is 10.3. The summed E-state index contributed by atoms with van der Waals surface area (Å²) in [5, 5.41) is 15.5. The van der Waals surface area contributed by atoms with E-state index in [4.69, 9.17) is 10.1 Å². The first-order chi connectivity index (χ1) is 7.18. The van der Waals surface area contributed by atoms with Gasteiger partial charge >= 0.3 is 6.02 Å². The van der Waals surface area contributed by atoms with Gasteiger partial charge in [0.05, 0.1) is 11.6 Å². The smallest absolute Gasteiger partial charge is 0.312 e. The van der Waals surface area contributed by atoms with E-state index in [1.54, 1.807) is 0 Å². The third-order valence-corrected chi connectivity index (χ3v) is 1.89. The Labute approximate surface area is 87.2 Å². The van der Waals surface area contributed by atoms with Crippen molar-refractivity contribution in [1.29, 1.82) is 5.41 Å². The summed E-state index contributed by atoms with van der Waals surface area (Å²) >= 11 is 0. The first-order valence-electron chi connectivity index (χ1n) is 4.74. The maximum absolute atomic E-state index is 7.70. The Morgan fingerprint density at radius 3 is 2.87 bits per heavy atom. The molecule has 0 aliphatic carbocycles. The van der Waals surface area contributed by atoms with Crippen LogP contribution in [0.15, 0.2) is 24.3 Å². The first-order valence-corrected chi connectivity index (χ1v) is 4.74. The molecule has 1 aromatic heterocycles. The van der Waals surface area contributed by atoms with E-state index in [-0.39, 0.29) is 12.1 Å². The number of nitrogens with zero attached hydrogens (tertiary/aromatic N) is 3. The zero-order valence-electron chi connectivity index (χ0n) is 8.64. The van der Waals surface area contributed by atoms with Crippen LogP contribution in [0.4, 0.5) is 0 Å². The third-order valence-electron chi connectivity index (χ3n) is 1.89. The van der Waals surface area contributed by atoms with Gasteiger partial charge in [-0.15, -0.1) is 5.10 Å². The Hall–Kier alpha value is -1.91. The minimum Gasteiger partial charge on any atom is -0.461 e. The van der Waals surface area contributed by atoms with Gasteiger partial charge in [-0.1, -0.05) is 17.3 Å². The molecule has 2 aromatic rings. The molecule has 2 rings (SSSR count). The van der Waals surface area contributed by atoms with Crippen molar-refractivity contribution < 1.29 is 4.74 Å². The summed E-state index contributed by atoms with van der Waals surface area (Å²) in [6.07, 6.45) is -0.0412. The van der Waals surface area contributed by atoms with Crippen molar-refractivity contribution in [3.63, 3.8) is 0 Å². The van der Waals surface area contributed by atoms with E-state index in [1.165, 1.54) is 4.68 Å². The highest BCUT2D eigenvalue weighted by molar-refractivity contribution is 5.85. The second-order valence-electron chi connectivity index (χ2n) is 3.46. The molecule has 0 aliphatic rings. The molecule has 1 N–H and O–H groups in total. The summed E-state index contributed by atoms with van der Waals surface area (Å²) < 4.78 is 6.63. The van der Waals surface area contributed by atoms with E-state index in [0.717, 1.165) is 11.0 Å². The zero-order chi connectivity index (χ0) is 10.8. The van der Waals surface area contributed by atoms with Gasteiger partial charge in [0, 0.05) is 0 Å². The Bertz CT molecular complexity index is 489. The molecule has 1 aromatic carbocycles. The van der Waals surface area contributed by atoms with E-state index in [9.17, 15) is 0 Å². The number of hydrogen-bond donors (Lipinski definition) is 1. The molecule has 1 heterocycles. The fourth-order valence-electron chi connectivity index (χ4n) is 1.29. The van der Waals surface area contributed by atoms with Crippen LogP contribution in [-0.4, -0.2) is 27.1 Å². The fraction of sp³-hybridized carbons (Fsp3) is 0.300. The van der Waals surface area contributed by atoms with E-state index < -0.39 is 0 Å². The van der Waals surface area contributed by atoms with Crippen LogP contribution < -0.4 is 0 Å². The van der Waals surface area contributed by atoms with Crippen molar-refractivity contribution in [1.82, 2.24) is 15.0 Å². The molecule has 0 saturated carbocycles. The minimum absolute atomic E-state index is 0.00120. The Balaban J connectivity index is 2.40. The second kappa shape index (κ2) is 3.68. The minimum atomic E-state index is -0.0412. The van der Waals surface area contributed by atoms with E-state index in [1.807, 2.05) is 38.1 Å². The third kappa shape index (κ3) is 1.81. The van der Waals surface area contributed by atoms with Gasteiger partial charge in [-0.25, -0.2) is 5.41 Å². The Morgan fingerprint density at radius 1 is 1.40 bits per heavy atom. The molecule has 78 valence electrons. The van der Waals surface area contributed by atoms with E-state index in [0.29, 0.717) is 0 Å². The van der Waals surface area contributed by atoms with Gasteiger partial charge in [0.2, 0.25) is 0 Å². The molecule has 5 heteroatoms. The maximum Gasteiger partial charge on any atom is 0.312 e. The zero-order valence-corrected chi connectivity index (χ0v) is 8.64. The average molecular weight is 204 g/mol. The normalized spacial score (nSPS) is 10.9. The fourth-order valence-corrected chi connectivity index (χ4v) is 1.29.